The molecular weight excluding hydrogens is 316 g/mol. The van der Waals surface area contributed by atoms with Crippen LogP contribution in [0.2, 0.25) is 0 Å². The number of hydrogen-bond acceptors (Lipinski definition) is 5. The molecule has 1 aliphatic heterocycles. The molecule has 5 nitrogen and oxygen atoms in total. The van der Waals surface area contributed by atoms with E-state index in [9.17, 15) is 8.42 Å². The minimum absolute atomic E-state index is 0.232. The molecule has 0 aromatic carbocycles. The Morgan fingerprint density at radius 1 is 1.50 bits per heavy atom. The Hall–Kier alpha value is -0.540. The number of hydrogen-bond donors (Lipinski definition) is 1. The van der Waals surface area contributed by atoms with E-state index >= 15 is 0 Å². The number of piperidine rings is 1. The van der Waals surface area contributed by atoms with Gasteiger partial charge in [-0.3, -0.25) is 0 Å². The fraction of sp³-hybridized carbons (Fsp3) is 0.583. The summed E-state index contributed by atoms with van der Waals surface area (Å²) in [5, 5.41) is 0. The van der Waals surface area contributed by atoms with Gasteiger partial charge in [0.1, 0.15) is 9.20 Å². The molecule has 1 aromatic rings. The predicted octanol–water partition coefficient (Wildman–Crippen LogP) is 1.43. The number of methoxy groups -OCH3 is 1. The molecule has 0 spiro atoms. The largest absolute Gasteiger partial charge is 0.389 e. The molecule has 20 heavy (non-hydrogen) atoms. The standard InChI is InChI=1S/C12H18N2O3S3/c1-17-8-9-4-6-14(7-5-9)20(15,16)11-3-2-10(19-11)12(13)18/h2-3,9H,4-8H2,1H3,(H2,13,18). The Kier molecular flexibility index (Phi) is 5.14. The van der Waals surface area contributed by atoms with E-state index < -0.39 is 10.0 Å². The predicted molar refractivity (Wildman–Crippen MR) is 83.6 cm³/mol. The Balaban J connectivity index is 2.09. The van der Waals surface area contributed by atoms with Crippen LogP contribution >= 0.6 is 23.6 Å². The Morgan fingerprint density at radius 2 is 2.15 bits per heavy atom. The number of ether oxygens (including phenoxy) is 1. The van der Waals surface area contributed by atoms with Gasteiger partial charge in [-0.1, -0.05) is 12.2 Å². The Morgan fingerprint density at radius 3 is 2.65 bits per heavy atom. The molecule has 2 N–H and O–H groups in total. The van der Waals surface area contributed by atoms with E-state index in [4.69, 9.17) is 22.7 Å². The lowest BCUT2D eigenvalue weighted by Gasteiger charge is -2.30. The summed E-state index contributed by atoms with van der Waals surface area (Å²) in [7, 11) is -1.74. The molecule has 0 amide bonds. The van der Waals surface area contributed by atoms with Gasteiger partial charge in [0, 0.05) is 26.8 Å². The van der Waals surface area contributed by atoms with Crippen molar-refractivity contribution in [3.63, 3.8) is 0 Å². The van der Waals surface area contributed by atoms with Crippen molar-refractivity contribution >= 4 is 38.6 Å². The lowest BCUT2D eigenvalue weighted by molar-refractivity contribution is 0.121. The van der Waals surface area contributed by atoms with Gasteiger partial charge in [-0.05, 0) is 30.9 Å². The average molecular weight is 334 g/mol. The molecule has 112 valence electrons. The van der Waals surface area contributed by atoms with Gasteiger partial charge in [0.05, 0.1) is 4.88 Å². The summed E-state index contributed by atoms with van der Waals surface area (Å²) in [6.07, 6.45) is 1.67. The first kappa shape index (κ1) is 15.8. The summed E-state index contributed by atoms with van der Waals surface area (Å²) < 4.78 is 32.0. The molecular formula is C12H18N2O3S3. The summed E-state index contributed by atoms with van der Waals surface area (Å²) in [4.78, 5) is 0.864. The average Bonchev–Trinajstić information content (AvgIpc) is 2.90. The molecule has 1 saturated heterocycles. The molecule has 0 atom stereocenters. The summed E-state index contributed by atoms with van der Waals surface area (Å²) in [5.74, 6) is 0.446. The van der Waals surface area contributed by atoms with E-state index in [-0.39, 0.29) is 4.99 Å². The lowest BCUT2D eigenvalue weighted by Crippen LogP contribution is -2.39. The third-order valence-corrected chi connectivity index (χ3v) is 7.23. The Labute approximate surface area is 128 Å². The van der Waals surface area contributed by atoms with Crippen LogP contribution in [0.15, 0.2) is 16.3 Å². The summed E-state index contributed by atoms with van der Waals surface area (Å²) in [6, 6.07) is 3.24. The van der Waals surface area contributed by atoms with Gasteiger partial charge < -0.3 is 10.5 Å². The maximum Gasteiger partial charge on any atom is 0.252 e. The summed E-state index contributed by atoms with van der Waals surface area (Å²) >= 11 is 6.00. The maximum atomic E-state index is 12.5. The van der Waals surface area contributed by atoms with Crippen molar-refractivity contribution in [2.75, 3.05) is 26.8 Å². The highest BCUT2D eigenvalue weighted by atomic mass is 32.2. The zero-order valence-electron chi connectivity index (χ0n) is 11.2. The van der Waals surface area contributed by atoms with Crippen LogP contribution in [0.4, 0.5) is 0 Å². The number of sulfonamides is 1. The molecule has 0 aliphatic carbocycles. The van der Waals surface area contributed by atoms with Crippen LogP contribution in [0.3, 0.4) is 0 Å². The quantitative estimate of drug-likeness (QED) is 0.825. The van der Waals surface area contributed by atoms with Crippen molar-refractivity contribution < 1.29 is 13.2 Å². The molecule has 0 saturated carbocycles. The van der Waals surface area contributed by atoms with Crippen LogP contribution in [0.1, 0.15) is 17.7 Å². The SMILES string of the molecule is COCC1CCN(S(=O)(=O)c2ccc(C(N)=S)s2)CC1. The molecule has 8 heteroatoms. The first-order valence-corrected chi connectivity index (χ1v) is 9.00. The van der Waals surface area contributed by atoms with Crippen LogP contribution in [0, 0.1) is 5.92 Å². The van der Waals surface area contributed by atoms with Gasteiger partial charge >= 0.3 is 0 Å². The summed E-state index contributed by atoms with van der Waals surface area (Å²) in [6.45, 7) is 1.77. The molecule has 0 radical (unpaired) electrons. The van der Waals surface area contributed by atoms with Gasteiger partial charge in [0.15, 0.2) is 0 Å². The smallest absolute Gasteiger partial charge is 0.252 e. The lowest BCUT2D eigenvalue weighted by atomic mass is 9.99. The Bertz CT molecular complexity index is 575. The normalized spacial score (nSPS) is 18.2. The number of thiocarbonyl (C=S) groups is 1. The second kappa shape index (κ2) is 6.48. The van der Waals surface area contributed by atoms with Crippen molar-refractivity contribution in [1.29, 1.82) is 0 Å². The van der Waals surface area contributed by atoms with Crippen molar-refractivity contribution in [3.05, 3.63) is 17.0 Å². The van der Waals surface area contributed by atoms with Crippen LogP contribution in [-0.2, 0) is 14.8 Å². The number of nitrogens with two attached hydrogens (primary N) is 1. The molecule has 1 fully saturated rings. The van der Waals surface area contributed by atoms with E-state index in [0.717, 1.165) is 24.2 Å². The molecule has 1 aliphatic rings. The van der Waals surface area contributed by atoms with E-state index in [1.165, 1.54) is 4.31 Å². The highest BCUT2D eigenvalue weighted by Crippen LogP contribution is 2.28. The zero-order valence-corrected chi connectivity index (χ0v) is 13.7. The van der Waals surface area contributed by atoms with Gasteiger partial charge in [-0.15, -0.1) is 11.3 Å². The molecule has 2 rings (SSSR count). The second-order valence-corrected chi connectivity index (χ2v) is 8.47. The minimum atomic E-state index is -3.42. The second-order valence-electron chi connectivity index (χ2n) is 4.79. The topological polar surface area (TPSA) is 72.6 Å². The first-order valence-electron chi connectivity index (χ1n) is 6.34. The van der Waals surface area contributed by atoms with Crippen LogP contribution < -0.4 is 5.73 Å². The van der Waals surface area contributed by atoms with E-state index in [0.29, 0.717) is 34.7 Å². The van der Waals surface area contributed by atoms with Crippen molar-refractivity contribution in [1.82, 2.24) is 4.31 Å². The van der Waals surface area contributed by atoms with Crippen LogP contribution in [0.5, 0.6) is 0 Å². The molecule has 0 unspecified atom stereocenters. The minimum Gasteiger partial charge on any atom is -0.389 e. The van der Waals surface area contributed by atoms with Crippen molar-refractivity contribution in [2.24, 2.45) is 11.7 Å². The number of thiophene rings is 1. The third-order valence-electron chi connectivity index (χ3n) is 3.39. The maximum absolute atomic E-state index is 12.5. The van der Waals surface area contributed by atoms with Gasteiger partial charge in [-0.25, -0.2) is 8.42 Å². The van der Waals surface area contributed by atoms with E-state index in [2.05, 4.69) is 0 Å². The molecule has 1 aromatic heterocycles. The van der Waals surface area contributed by atoms with Gasteiger partial charge in [0.2, 0.25) is 0 Å². The zero-order chi connectivity index (χ0) is 14.8. The van der Waals surface area contributed by atoms with Gasteiger partial charge in [-0.2, -0.15) is 4.31 Å². The van der Waals surface area contributed by atoms with E-state index in [1.807, 2.05) is 0 Å². The molecule has 0 bridgehead atoms. The number of nitrogens with zero attached hydrogens (tertiary/aromatic N) is 1. The fourth-order valence-electron chi connectivity index (χ4n) is 2.27. The molecule has 2 heterocycles. The number of rotatable bonds is 5. The third kappa shape index (κ3) is 3.37. The monoisotopic (exact) mass is 334 g/mol. The van der Waals surface area contributed by atoms with Crippen molar-refractivity contribution in [3.8, 4) is 0 Å². The van der Waals surface area contributed by atoms with Gasteiger partial charge in [0.25, 0.3) is 10.0 Å². The summed E-state index contributed by atoms with van der Waals surface area (Å²) in [5.41, 5.74) is 5.52. The highest BCUT2D eigenvalue weighted by molar-refractivity contribution is 7.91. The highest BCUT2D eigenvalue weighted by Gasteiger charge is 2.30. The fourth-order valence-corrected chi connectivity index (χ4v) is 5.25. The van der Waals surface area contributed by atoms with E-state index in [1.54, 1.807) is 19.2 Å². The van der Waals surface area contributed by atoms with Crippen molar-refractivity contribution in [2.45, 2.75) is 17.1 Å². The van der Waals surface area contributed by atoms with Crippen LogP contribution in [-0.4, -0.2) is 44.5 Å². The first-order chi connectivity index (χ1) is 9.45. The van der Waals surface area contributed by atoms with Crippen LogP contribution in [0.25, 0.3) is 0 Å².